The molecule has 5 nitrogen and oxygen atoms in total. The topological polar surface area (TPSA) is 90.8 Å². The molecule has 1 aliphatic rings. The molecular weight excluding hydrogens is 377 g/mol. The molecule has 1 unspecified atom stereocenters. The Morgan fingerprint density at radius 3 is 2.46 bits per heavy atom. The smallest absolute Gasteiger partial charge is 0.237 e. The van der Waals surface area contributed by atoms with Crippen LogP contribution in [0.25, 0.3) is 0 Å². The summed E-state index contributed by atoms with van der Waals surface area (Å²) in [5.41, 5.74) is 1.01. The summed E-state index contributed by atoms with van der Waals surface area (Å²) in [5, 5.41) is 29.4. The predicted octanol–water partition coefficient (Wildman–Crippen LogP) is 4.81. The Morgan fingerprint density at radius 2 is 1.88 bits per heavy atom. The van der Waals surface area contributed by atoms with Crippen LogP contribution in [-0.4, -0.2) is 16.0 Å². The Kier molecular flexibility index (Phi) is 5.25. The minimum absolute atomic E-state index is 0.0462. The van der Waals surface area contributed by atoms with E-state index in [2.05, 4.69) is 0 Å². The third-order valence-electron chi connectivity index (χ3n) is 4.42. The maximum Gasteiger partial charge on any atom is 0.237 e. The lowest BCUT2D eigenvalue weighted by Gasteiger charge is -2.36. The fourth-order valence-corrected chi connectivity index (χ4v) is 4.82. The molecule has 0 saturated carbocycles. The van der Waals surface area contributed by atoms with Gasteiger partial charge in [0.15, 0.2) is 0 Å². The summed E-state index contributed by atoms with van der Waals surface area (Å²) in [7, 11) is 0. The van der Waals surface area contributed by atoms with Crippen LogP contribution in [0.5, 0.6) is 0 Å². The predicted molar refractivity (Wildman–Crippen MR) is 98.5 cm³/mol. The van der Waals surface area contributed by atoms with Gasteiger partial charge in [-0.05, 0) is 29.3 Å². The van der Waals surface area contributed by atoms with Crippen LogP contribution in [0.3, 0.4) is 0 Å². The molecule has 2 aromatic carbocycles. The van der Waals surface area contributed by atoms with Gasteiger partial charge < -0.3 is 0 Å². The number of nitro groups is 1. The molecule has 1 fully saturated rings. The van der Waals surface area contributed by atoms with Gasteiger partial charge in [-0.25, -0.2) is 4.39 Å². The van der Waals surface area contributed by atoms with Crippen molar-refractivity contribution >= 4 is 28.4 Å². The molecule has 0 radical (unpaired) electrons. The van der Waals surface area contributed by atoms with E-state index in [4.69, 9.17) is 17.0 Å². The fourth-order valence-electron chi connectivity index (χ4n) is 3.24. The normalized spacial score (nSPS) is 25.5. The molecule has 4 atom stereocenters. The van der Waals surface area contributed by atoms with Gasteiger partial charge in [0.25, 0.3) is 0 Å². The van der Waals surface area contributed by atoms with Crippen LogP contribution >= 0.6 is 23.4 Å². The average molecular weight is 390 g/mol. The van der Waals surface area contributed by atoms with Crippen molar-refractivity contribution in [2.45, 2.75) is 17.2 Å². The first-order valence-corrected chi connectivity index (χ1v) is 8.98. The van der Waals surface area contributed by atoms with Gasteiger partial charge in [0.05, 0.1) is 17.0 Å². The van der Waals surface area contributed by atoms with Crippen molar-refractivity contribution in [2.75, 3.05) is 0 Å². The van der Waals surface area contributed by atoms with E-state index in [1.165, 1.54) is 24.3 Å². The van der Waals surface area contributed by atoms with Crippen LogP contribution in [0.4, 0.5) is 4.39 Å². The second kappa shape index (κ2) is 7.44. The third-order valence-corrected chi connectivity index (χ3v) is 6.08. The Morgan fingerprint density at radius 1 is 1.23 bits per heavy atom. The number of nitrogens with zero attached hydrogens (tertiary/aromatic N) is 2. The van der Waals surface area contributed by atoms with Crippen LogP contribution in [-0.2, 0) is 0 Å². The molecule has 1 heterocycles. The standard InChI is InChI=1S/C18H13ClFN3O2S/c19-14-4-2-1-3-12(14)15-13(9-21)18(22)26-17(16(15)23(24)25)10-5-7-11(20)8-6-10/h1-8,13,15-17,22H/t13?,15-,16+,17-/m0/s1. The average Bonchev–Trinajstić information content (AvgIpc) is 2.61. The highest BCUT2D eigenvalue weighted by molar-refractivity contribution is 8.14. The first-order valence-electron chi connectivity index (χ1n) is 7.72. The SMILES string of the molecule is N#CC1C(=N)S[C@@H](c2ccc(F)cc2)[C@H]([N+](=O)[O-])[C@H]1c1ccccc1Cl. The Hall–Kier alpha value is -2.43. The molecule has 8 heteroatoms. The van der Waals surface area contributed by atoms with Gasteiger partial charge in [0.2, 0.25) is 6.04 Å². The van der Waals surface area contributed by atoms with Gasteiger partial charge in [0.1, 0.15) is 17.0 Å². The van der Waals surface area contributed by atoms with Crippen LogP contribution in [0.15, 0.2) is 48.5 Å². The number of benzene rings is 2. The lowest BCUT2D eigenvalue weighted by atomic mass is 9.78. The fraction of sp³-hybridized carbons (Fsp3) is 0.222. The molecule has 132 valence electrons. The van der Waals surface area contributed by atoms with Gasteiger partial charge >= 0.3 is 0 Å². The molecule has 3 rings (SSSR count). The number of hydrogen-bond acceptors (Lipinski definition) is 5. The number of nitriles is 1. The first-order chi connectivity index (χ1) is 12.4. The maximum absolute atomic E-state index is 13.3. The van der Waals surface area contributed by atoms with Crippen LogP contribution in [0.2, 0.25) is 5.02 Å². The Bertz CT molecular complexity index is 900. The molecule has 1 aliphatic heterocycles. The summed E-state index contributed by atoms with van der Waals surface area (Å²) in [6.07, 6.45) is 0. The van der Waals surface area contributed by atoms with Crippen molar-refractivity contribution in [1.29, 1.82) is 10.7 Å². The molecule has 1 N–H and O–H groups in total. The van der Waals surface area contributed by atoms with Gasteiger partial charge in [0, 0.05) is 9.95 Å². The zero-order valence-electron chi connectivity index (χ0n) is 13.3. The lowest BCUT2D eigenvalue weighted by molar-refractivity contribution is -0.528. The molecule has 1 saturated heterocycles. The Balaban J connectivity index is 2.15. The van der Waals surface area contributed by atoms with E-state index in [9.17, 15) is 19.8 Å². The summed E-state index contributed by atoms with van der Waals surface area (Å²) in [4.78, 5) is 11.5. The van der Waals surface area contributed by atoms with Crippen molar-refractivity contribution in [3.05, 3.63) is 80.6 Å². The number of thioether (sulfide) groups is 1. The number of nitrogens with one attached hydrogen (secondary N) is 1. The van der Waals surface area contributed by atoms with E-state index in [1.54, 1.807) is 24.3 Å². The van der Waals surface area contributed by atoms with Crippen molar-refractivity contribution in [1.82, 2.24) is 0 Å². The molecule has 2 aromatic rings. The van der Waals surface area contributed by atoms with E-state index in [-0.39, 0.29) is 5.04 Å². The molecular formula is C18H13ClFN3O2S. The molecule has 0 aromatic heterocycles. The molecule has 0 spiro atoms. The van der Waals surface area contributed by atoms with E-state index >= 15 is 0 Å². The minimum atomic E-state index is -1.18. The first kappa shape index (κ1) is 18.4. The summed E-state index contributed by atoms with van der Waals surface area (Å²) in [6, 6.07) is 12.9. The summed E-state index contributed by atoms with van der Waals surface area (Å²) in [6.45, 7) is 0. The molecule has 26 heavy (non-hydrogen) atoms. The van der Waals surface area contributed by atoms with E-state index in [0.717, 1.165) is 11.8 Å². The van der Waals surface area contributed by atoms with Crippen LogP contribution < -0.4 is 0 Å². The second-order valence-electron chi connectivity index (χ2n) is 5.88. The molecule has 0 aliphatic carbocycles. The summed E-state index contributed by atoms with van der Waals surface area (Å²) >= 11 is 7.23. The third kappa shape index (κ3) is 3.30. The van der Waals surface area contributed by atoms with Gasteiger partial charge in [-0.1, -0.05) is 53.7 Å². The van der Waals surface area contributed by atoms with E-state index < -0.39 is 33.9 Å². The van der Waals surface area contributed by atoms with Crippen molar-refractivity contribution < 1.29 is 9.31 Å². The van der Waals surface area contributed by atoms with E-state index in [1.807, 2.05) is 6.07 Å². The van der Waals surface area contributed by atoms with Crippen molar-refractivity contribution in [3.63, 3.8) is 0 Å². The lowest BCUT2D eigenvalue weighted by Crippen LogP contribution is -2.42. The monoisotopic (exact) mass is 389 g/mol. The highest BCUT2D eigenvalue weighted by Crippen LogP contribution is 2.51. The zero-order chi connectivity index (χ0) is 18.8. The number of halogens is 2. The molecule has 0 amide bonds. The number of hydrogen-bond donors (Lipinski definition) is 1. The quantitative estimate of drug-likeness (QED) is 0.602. The Labute approximate surface area is 158 Å². The van der Waals surface area contributed by atoms with Gasteiger partial charge in [-0.3, -0.25) is 15.5 Å². The maximum atomic E-state index is 13.3. The van der Waals surface area contributed by atoms with Gasteiger partial charge in [-0.2, -0.15) is 5.26 Å². The highest BCUT2D eigenvalue weighted by atomic mass is 35.5. The largest absolute Gasteiger partial charge is 0.297 e. The molecule has 0 bridgehead atoms. The summed E-state index contributed by atoms with van der Waals surface area (Å²) in [5.74, 6) is -2.28. The van der Waals surface area contributed by atoms with Crippen molar-refractivity contribution in [2.24, 2.45) is 5.92 Å². The van der Waals surface area contributed by atoms with Gasteiger partial charge in [-0.15, -0.1) is 0 Å². The number of rotatable bonds is 3. The minimum Gasteiger partial charge on any atom is -0.297 e. The zero-order valence-corrected chi connectivity index (χ0v) is 14.9. The second-order valence-corrected chi connectivity index (χ2v) is 7.47. The van der Waals surface area contributed by atoms with Crippen LogP contribution in [0.1, 0.15) is 22.3 Å². The summed E-state index contributed by atoms with van der Waals surface area (Å²) < 4.78 is 13.3. The highest BCUT2D eigenvalue weighted by Gasteiger charge is 2.52. The van der Waals surface area contributed by atoms with E-state index in [0.29, 0.717) is 16.1 Å². The van der Waals surface area contributed by atoms with Crippen molar-refractivity contribution in [3.8, 4) is 6.07 Å². The van der Waals surface area contributed by atoms with Crippen LogP contribution in [0, 0.1) is 38.6 Å².